The third-order valence-corrected chi connectivity index (χ3v) is 9.76. The fourth-order valence-corrected chi connectivity index (χ4v) is 4.12. The monoisotopic (exact) mass is 394 g/mol. The van der Waals surface area contributed by atoms with E-state index in [-0.39, 0.29) is 17.0 Å². The minimum absolute atomic E-state index is 0.0209. The Bertz CT molecular complexity index is 662. The van der Waals surface area contributed by atoms with Gasteiger partial charge in [-0.2, -0.15) is 5.26 Å². The molecule has 1 fully saturated rings. The molecule has 1 heterocycles. The van der Waals surface area contributed by atoms with Gasteiger partial charge >= 0.3 is 0 Å². The van der Waals surface area contributed by atoms with Crippen LogP contribution in [0.5, 0.6) is 0 Å². The molecule has 0 spiro atoms. The van der Waals surface area contributed by atoms with Crippen LogP contribution in [0.25, 0.3) is 0 Å². The maximum atomic E-state index is 12.4. The van der Waals surface area contributed by atoms with Gasteiger partial charge in [0.1, 0.15) is 6.07 Å². The van der Waals surface area contributed by atoms with Crippen molar-refractivity contribution in [3.8, 4) is 6.07 Å². The van der Waals surface area contributed by atoms with Crippen molar-refractivity contribution in [2.24, 2.45) is 0 Å². The summed E-state index contributed by atoms with van der Waals surface area (Å²) in [5.41, 5.74) is 1.17. The molecule has 0 aliphatic carbocycles. The topological polar surface area (TPSA) is 53.3 Å². The highest BCUT2D eigenvalue weighted by Crippen LogP contribution is 2.39. The number of carbonyl (C=O) groups is 1. The standard InChI is InChI=1S/C17H23BrN2O2Si/c1-17(2,3)23(4,5)22-14-9-16(21)20(11-14)15-7-6-13(18)8-12(15)10-19/h6-8,14H,9,11H2,1-5H3/t14-/m1/s1. The number of amides is 1. The van der Waals surface area contributed by atoms with Crippen LogP contribution in [0.1, 0.15) is 32.8 Å². The Morgan fingerprint density at radius 2 is 2.04 bits per heavy atom. The lowest BCUT2D eigenvalue weighted by Crippen LogP contribution is -2.44. The summed E-state index contributed by atoms with van der Waals surface area (Å²) in [6, 6.07) is 7.57. The SMILES string of the molecule is CC(C)(C)[Si](C)(C)O[C@@H]1CC(=O)N(c2ccc(Br)cc2C#N)C1. The predicted octanol–water partition coefficient (Wildman–Crippen LogP) is 4.45. The molecule has 4 nitrogen and oxygen atoms in total. The van der Waals surface area contributed by atoms with Gasteiger partial charge in [-0.05, 0) is 36.3 Å². The summed E-state index contributed by atoms with van der Waals surface area (Å²) in [6.45, 7) is 11.5. The van der Waals surface area contributed by atoms with E-state index in [0.29, 0.717) is 24.2 Å². The van der Waals surface area contributed by atoms with Crippen LogP contribution in [0.15, 0.2) is 22.7 Å². The van der Waals surface area contributed by atoms with Gasteiger partial charge in [0.05, 0.1) is 30.3 Å². The lowest BCUT2D eigenvalue weighted by atomic mass is 10.2. The third kappa shape index (κ3) is 3.85. The van der Waals surface area contributed by atoms with Gasteiger partial charge in [0.25, 0.3) is 0 Å². The molecule has 6 heteroatoms. The molecule has 0 saturated carbocycles. The predicted molar refractivity (Wildman–Crippen MR) is 97.9 cm³/mol. The summed E-state index contributed by atoms with van der Waals surface area (Å²) in [5.74, 6) is 0.0209. The van der Waals surface area contributed by atoms with E-state index in [4.69, 9.17) is 4.43 Å². The largest absolute Gasteiger partial charge is 0.412 e. The van der Waals surface area contributed by atoms with Crippen molar-refractivity contribution in [3.63, 3.8) is 0 Å². The molecule has 1 aliphatic heterocycles. The molecule has 0 bridgehead atoms. The fraction of sp³-hybridized carbons (Fsp3) is 0.529. The molecular weight excluding hydrogens is 372 g/mol. The number of rotatable bonds is 3. The summed E-state index contributed by atoms with van der Waals surface area (Å²) < 4.78 is 7.20. The highest BCUT2D eigenvalue weighted by atomic mass is 79.9. The molecule has 1 amide bonds. The van der Waals surface area contributed by atoms with Crippen molar-refractivity contribution in [2.75, 3.05) is 11.4 Å². The maximum absolute atomic E-state index is 12.4. The van der Waals surface area contributed by atoms with E-state index in [1.165, 1.54) is 0 Å². The molecule has 1 aliphatic rings. The summed E-state index contributed by atoms with van der Waals surface area (Å²) >= 11 is 3.36. The average Bonchev–Trinajstić information content (AvgIpc) is 2.77. The highest BCUT2D eigenvalue weighted by Gasteiger charge is 2.42. The molecule has 2 rings (SSSR count). The van der Waals surface area contributed by atoms with E-state index in [9.17, 15) is 10.1 Å². The molecule has 1 aromatic rings. The van der Waals surface area contributed by atoms with E-state index in [2.05, 4.69) is 55.9 Å². The van der Waals surface area contributed by atoms with Gasteiger partial charge in [-0.15, -0.1) is 0 Å². The lowest BCUT2D eigenvalue weighted by molar-refractivity contribution is -0.117. The van der Waals surface area contributed by atoms with Gasteiger partial charge in [0.15, 0.2) is 8.32 Å². The van der Waals surface area contributed by atoms with Crippen LogP contribution in [0.2, 0.25) is 18.1 Å². The zero-order valence-electron chi connectivity index (χ0n) is 14.3. The lowest BCUT2D eigenvalue weighted by Gasteiger charge is -2.38. The normalized spacial score (nSPS) is 19.1. The summed E-state index contributed by atoms with van der Waals surface area (Å²) in [5, 5.41) is 9.43. The van der Waals surface area contributed by atoms with Crippen molar-refractivity contribution >= 4 is 35.8 Å². The van der Waals surface area contributed by atoms with Gasteiger partial charge in [-0.25, -0.2) is 0 Å². The van der Waals surface area contributed by atoms with E-state index in [1.54, 1.807) is 11.0 Å². The first-order valence-corrected chi connectivity index (χ1v) is 11.4. The zero-order valence-corrected chi connectivity index (χ0v) is 16.9. The quantitative estimate of drug-likeness (QED) is 0.711. The van der Waals surface area contributed by atoms with Crippen LogP contribution in [0.4, 0.5) is 5.69 Å². The van der Waals surface area contributed by atoms with Crippen LogP contribution in [0, 0.1) is 11.3 Å². The molecule has 1 atom stereocenters. The molecule has 0 radical (unpaired) electrons. The second-order valence-electron chi connectivity index (χ2n) is 7.48. The average molecular weight is 395 g/mol. The molecule has 1 saturated heterocycles. The molecule has 23 heavy (non-hydrogen) atoms. The Kier molecular flexibility index (Phi) is 5.05. The van der Waals surface area contributed by atoms with Gasteiger partial charge in [-0.3, -0.25) is 4.79 Å². The number of anilines is 1. The first-order chi connectivity index (χ1) is 10.5. The number of nitriles is 1. The van der Waals surface area contributed by atoms with Crippen LogP contribution in [-0.4, -0.2) is 26.9 Å². The Morgan fingerprint density at radius 1 is 1.39 bits per heavy atom. The number of hydrogen-bond donors (Lipinski definition) is 0. The number of nitrogens with zero attached hydrogens (tertiary/aromatic N) is 2. The van der Waals surface area contributed by atoms with E-state index < -0.39 is 8.32 Å². The molecule has 0 unspecified atom stereocenters. The molecule has 1 aromatic carbocycles. The van der Waals surface area contributed by atoms with Crippen LogP contribution >= 0.6 is 15.9 Å². The Labute approximate surface area is 147 Å². The molecule has 0 N–H and O–H groups in total. The van der Waals surface area contributed by atoms with Crippen LogP contribution in [-0.2, 0) is 9.22 Å². The number of benzene rings is 1. The summed E-state index contributed by atoms with van der Waals surface area (Å²) in [6.07, 6.45) is 0.284. The number of hydrogen-bond acceptors (Lipinski definition) is 3. The minimum atomic E-state index is -1.91. The smallest absolute Gasteiger partial charge is 0.229 e. The highest BCUT2D eigenvalue weighted by molar-refractivity contribution is 9.10. The first kappa shape index (κ1) is 18.2. The maximum Gasteiger partial charge on any atom is 0.229 e. The van der Waals surface area contributed by atoms with Gasteiger partial charge in [0, 0.05) is 4.47 Å². The first-order valence-electron chi connectivity index (χ1n) is 7.73. The summed E-state index contributed by atoms with van der Waals surface area (Å²) in [4.78, 5) is 14.1. The minimum Gasteiger partial charge on any atom is -0.412 e. The van der Waals surface area contributed by atoms with Crippen LogP contribution in [0.3, 0.4) is 0 Å². The van der Waals surface area contributed by atoms with Crippen molar-refractivity contribution in [2.45, 2.75) is 51.4 Å². The van der Waals surface area contributed by atoms with E-state index in [0.717, 1.165) is 4.47 Å². The van der Waals surface area contributed by atoms with Crippen molar-refractivity contribution in [1.29, 1.82) is 5.26 Å². The molecular formula is C17H23BrN2O2Si. The number of carbonyl (C=O) groups excluding carboxylic acids is 1. The molecule has 124 valence electrons. The number of halogens is 1. The van der Waals surface area contributed by atoms with Crippen LogP contribution < -0.4 is 4.90 Å². The Balaban J connectivity index is 2.20. The van der Waals surface area contributed by atoms with Gasteiger partial charge in [0.2, 0.25) is 5.91 Å². The van der Waals surface area contributed by atoms with Crippen molar-refractivity contribution in [1.82, 2.24) is 0 Å². The Hall–Kier alpha value is -1.16. The second-order valence-corrected chi connectivity index (χ2v) is 13.2. The van der Waals surface area contributed by atoms with E-state index in [1.807, 2.05) is 12.1 Å². The van der Waals surface area contributed by atoms with Gasteiger partial charge in [-0.1, -0.05) is 36.7 Å². The van der Waals surface area contributed by atoms with E-state index >= 15 is 0 Å². The fourth-order valence-electron chi connectivity index (χ4n) is 2.41. The van der Waals surface area contributed by atoms with Crippen molar-refractivity contribution < 1.29 is 9.22 Å². The summed E-state index contributed by atoms with van der Waals surface area (Å²) in [7, 11) is -1.91. The molecule has 0 aromatic heterocycles. The Morgan fingerprint density at radius 3 is 2.61 bits per heavy atom. The zero-order chi connectivity index (χ0) is 17.4. The third-order valence-electron chi connectivity index (χ3n) is 4.73. The second kappa shape index (κ2) is 6.38. The van der Waals surface area contributed by atoms with Gasteiger partial charge < -0.3 is 9.33 Å². The van der Waals surface area contributed by atoms with Crippen molar-refractivity contribution in [3.05, 3.63) is 28.2 Å².